The highest BCUT2D eigenvalue weighted by Gasteiger charge is 2.19. The Kier molecular flexibility index (Phi) is 6.07. The molecule has 0 aliphatic carbocycles. The maximum atomic E-state index is 11.7. The van der Waals surface area contributed by atoms with E-state index in [9.17, 15) is 9.90 Å². The van der Waals surface area contributed by atoms with Gasteiger partial charge < -0.3 is 15.4 Å². The zero-order valence-corrected chi connectivity index (χ0v) is 18.7. The summed E-state index contributed by atoms with van der Waals surface area (Å²) in [5, 5.41) is 18.9. The molecule has 0 bridgehead atoms. The Balaban J connectivity index is 1.60. The van der Waals surface area contributed by atoms with Gasteiger partial charge in [0.2, 0.25) is 0 Å². The van der Waals surface area contributed by atoms with Gasteiger partial charge in [0.25, 0.3) is 0 Å². The number of aryl methyl sites for hydroxylation is 1. The molecule has 4 heterocycles. The molecule has 0 spiro atoms. The Morgan fingerprint density at radius 2 is 2.10 bits per heavy atom. The van der Waals surface area contributed by atoms with Crippen LogP contribution in [0.3, 0.4) is 0 Å². The first-order chi connectivity index (χ1) is 15.0. The van der Waals surface area contributed by atoms with Gasteiger partial charge in [-0.1, -0.05) is 6.07 Å². The molecule has 0 fully saturated rings. The normalized spacial score (nSPS) is 11.6. The van der Waals surface area contributed by atoms with Crippen LogP contribution in [0.5, 0.6) is 0 Å². The highest BCUT2D eigenvalue weighted by atomic mass is 32.1. The SMILES string of the molecule is CN(Cc1cccc(N)n1)/N=C\c1c(C=O)n(C)c2nc(Cc3csc(CO)n3)sc12. The van der Waals surface area contributed by atoms with Crippen molar-refractivity contribution in [3.8, 4) is 0 Å². The summed E-state index contributed by atoms with van der Waals surface area (Å²) in [4.78, 5) is 25.1. The molecule has 0 atom stereocenters. The summed E-state index contributed by atoms with van der Waals surface area (Å²) in [7, 11) is 3.65. The maximum absolute atomic E-state index is 11.7. The Labute approximate surface area is 186 Å². The van der Waals surface area contributed by atoms with Gasteiger partial charge in [-0.2, -0.15) is 5.10 Å². The van der Waals surface area contributed by atoms with Crippen LogP contribution in [0.15, 0.2) is 28.7 Å². The second-order valence-corrected chi connectivity index (χ2v) is 8.94. The lowest BCUT2D eigenvalue weighted by Gasteiger charge is -2.12. The van der Waals surface area contributed by atoms with E-state index < -0.39 is 0 Å². The number of carbonyl (C=O) groups is 1. The van der Waals surface area contributed by atoms with E-state index in [4.69, 9.17) is 10.7 Å². The average Bonchev–Trinajstić information content (AvgIpc) is 3.42. The minimum atomic E-state index is -0.0631. The molecule has 160 valence electrons. The topological polar surface area (TPSA) is 123 Å². The van der Waals surface area contributed by atoms with Gasteiger partial charge in [-0.15, -0.1) is 22.7 Å². The number of aliphatic hydroxyl groups is 1. The van der Waals surface area contributed by atoms with Gasteiger partial charge in [0.1, 0.15) is 15.8 Å². The van der Waals surface area contributed by atoms with E-state index in [1.165, 1.54) is 22.7 Å². The molecule has 0 saturated heterocycles. The quantitative estimate of drug-likeness (QED) is 0.238. The summed E-state index contributed by atoms with van der Waals surface area (Å²) < 4.78 is 2.68. The number of pyridine rings is 1. The van der Waals surface area contributed by atoms with Gasteiger partial charge in [0.15, 0.2) is 11.9 Å². The largest absolute Gasteiger partial charge is 0.389 e. The second-order valence-electron chi connectivity index (χ2n) is 6.92. The average molecular weight is 456 g/mol. The van der Waals surface area contributed by atoms with Crippen LogP contribution in [0.2, 0.25) is 0 Å². The van der Waals surface area contributed by atoms with Crippen LogP contribution >= 0.6 is 22.7 Å². The number of nitrogens with zero attached hydrogens (tertiary/aromatic N) is 6. The fraction of sp³-hybridized carbons (Fsp3) is 0.250. The predicted molar refractivity (Wildman–Crippen MR) is 123 cm³/mol. The highest BCUT2D eigenvalue weighted by molar-refractivity contribution is 7.19. The number of aldehydes is 1. The third kappa shape index (κ3) is 4.48. The summed E-state index contributed by atoms with van der Waals surface area (Å²) in [5.41, 5.74) is 9.41. The van der Waals surface area contributed by atoms with Crippen LogP contribution < -0.4 is 5.73 Å². The summed E-state index contributed by atoms with van der Waals surface area (Å²) >= 11 is 2.94. The number of fused-ring (bicyclic) bond motifs is 1. The summed E-state index contributed by atoms with van der Waals surface area (Å²) in [6, 6.07) is 5.47. The summed E-state index contributed by atoms with van der Waals surface area (Å²) in [6.45, 7) is 0.422. The molecule has 0 amide bonds. The molecular weight excluding hydrogens is 434 g/mol. The number of aliphatic hydroxyl groups excluding tert-OH is 1. The minimum Gasteiger partial charge on any atom is -0.389 e. The van der Waals surface area contributed by atoms with Crippen molar-refractivity contribution in [2.75, 3.05) is 12.8 Å². The van der Waals surface area contributed by atoms with Crippen LogP contribution in [0.25, 0.3) is 10.3 Å². The van der Waals surface area contributed by atoms with Crippen molar-refractivity contribution in [1.82, 2.24) is 24.5 Å². The Morgan fingerprint density at radius 1 is 1.26 bits per heavy atom. The standard InChI is InChI=1S/C20H21N7O2S2/c1-26(8-12-4-3-5-16(21)23-12)22-7-14-15(9-28)27(2)20-19(14)31-17(25-20)6-13-11-30-18(10-29)24-13/h3-5,7,9,11,29H,6,8,10H2,1-2H3,(H2,21,23)/b22-7-. The van der Waals surface area contributed by atoms with Crippen molar-refractivity contribution >= 4 is 51.3 Å². The first-order valence-electron chi connectivity index (χ1n) is 9.42. The molecule has 0 aliphatic rings. The lowest BCUT2D eigenvalue weighted by Crippen LogP contribution is -2.12. The van der Waals surface area contributed by atoms with Crippen LogP contribution in [-0.4, -0.2) is 49.2 Å². The van der Waals surface area contributed by atoms with Crippen molar-refractivity contribution in [2.45, 2.75) is 19.6 Å². The molecular formula is C20H21N7O2S2. The molecule has 4 rings (SSSR count). The van der Waals surface area contributed by atoms with Crippen molar-refractivity contribution in [3.05, 3.63) is 56.2 Å². The smallest absolute Gasteiger partial charge is 0.167 e. The van der Waals surface area contributed by atoms with Crippen molar-refractivity contribution in [2.24, 2.45) is 12.1 Å². The number of thiazole rings is 2. The molecule has 0 aromatic carbocycles. The molecule has 0 aliphatic heterocycles. The van der Waals surface area contributed by atoms with Gasteiger partial charge in [-0.3, -0.25) is 9.80 Å². The number of anilines is 1. The van der Waals surface area contributed by atoms with E-state index in [1.54, 1.807) is 21.9 Å². The molecule has 11 heteroatoms. The first kappa shape index (κ1) is 21.1. The van der Waals surface area contributed by atoms with E-state index >= 15 is 0 Å². The van der Waals surface area contributed by atoms with E-state index in [-0.39, 0.29) is 6.61 Å². The number of carbonyl (C=O) groups excluding carboxylic acids is 1. The van der Waals surface area contributed by atoms with Crippen LogP contribution in [0.4, 0.5) is 5.82 Å². The molecule has 9 nitrogen and oxygen atoms in total. The Bertz CT molecular complexity index is 1260. The van der Waals surface area contributed by atoms with Crippen molar-refractivity contribution < 1.29 is 9.90 Å². The van der Waals surface area contributed by atoms with E-state index in [2.05, 4.69) is 15.1 Å². The number of hydrogen-bond acceptors (Lipinski definition) is 10. The number of nitrogen functional groups attached to an aromatic ring is 1. The van der Waals surface area contributed by atoms with Crippen LogP contribution in [-0.2, 0) is 26.6 Å². The van der Waals surface area contributed by atoms with E-state index in [1.807, 2.05) is 31.6 Å². The molecule has 0 radical (unpaired) electrons. The Morgan fingerprint density at radius 3 is 2.81 bits per heavy atom. The van der Waals surface area contributed by atoms with Crippen LogP contribution in [0.1, 0.15) is 37.5 Å². The van der Waals surface area contributed by atoms with Gasteiger partial charge in [0.05, 0.1) is 41.1 Å². The predicted octanol–water partition coefficient (Wildman–Crippen LogP) is 2.43. The molecule has 0 saturated carbocycles. The van der Waals surface area contributed by atoms with E-state index in [0.717, 1.165) is 38.6 Å². The second kappa shape index (κ2) is 8.92. The van der Waals surface area contributed by atoms with Gasteiger partial charge in [-0.25, -0.2) is 15.0 Å². The minimum absolute atomic E-state index is 0.0631. The highest BCUT2D eigenvalue weighted by Crippen LogP contribution is 2.30. The monoisotopic (exact) mass is 455 g/mol. The maximum Gasteiger partial charge on any atom is 0.167 e. The first-order valence-corrected chi connectivity index (χ1v) is 11.1. The zero-order chi connectivity index (χ0) is 22.0. The molecule has 3 N–H and O–H groups in total. The van der Waals surface area contributed by atoms with Gasteiger partial charge >= 0.3 is 0 Å². The molecule has 31 heavy (non-hydrogen) atoms. The lowest BCUT2D eigenvalue weighted by atomic mass is 10.3. The zero-order valence-electron chi connectivity index (χ0n) is 17.0. The third-order valence-electron chi connectivity index (χ3n) is 4.63. The van der Waals surface area contributed by atoms with Gasteiger partial charge in [-0.05, 0) is 12.1 Å². The van der Waals surface area contributed by atoms with Crippen molar-refractivity contribution in [3.63, 3.8) is 0 Å². The number of aromatic nitrogens is 4. The molecule has 0 unspecified atom stereocenters. The van der Waals surface area contributed by atoms with Crippen LogP contribution in [0, 0.1) is 0 Å². The van der Waals surface area contributed by atoms with Crippen molar-refractivity contribution in [1.29, 1.82) is 0 Å². The lowest BCUT2D eigenvalue weighted by molar-refractivity contribution is 0.111. The summed E-state index contributed by atoms with van der Waals surface area (Å²) in [5.74, 6) is 0.464. The molecule has 4 aromatic rings. The van der Waals surface area contributed by atoms with Gasteiger partial charge in [0, 0.05) is 31.5 Å². The third-order valence-corrected chi connectivity index (χ3v) is 6.60. The number of hydrogen-bond donors (Lipinski definition) is 2. The fourth-order valence-electron chi connectivity index (χ4n) is 3.19. The summed E-state index contributed by atoms with van der Waals surface area (Å²) in [6.07, 6.45) is 3.08. The Hall–Kier alpha value is -3.15. The number of rotatable bonds is 8. The number of hydrazone groups is 1. The van der Waals surface area contributed by atoms with E-state index in [0.29, 0.717) is 29.5 Å². The molecule has 4 aromatic heterocycles. The number of nitrogens with two attached hydrogens (primary N) is 1. The fourth-order valence-corrected chi connectivity index (χ4v) is 4.97.